The molecule has 3 aliphatic rings. The fourth-order valence-electron chi connectivity index (χ4n) is 7.99. The molecule has 3 amide bonds. The Bertz CT molecular complexity index is 2030. The summed E-state index contributed by atoms with van der Waals surface area (Å²) in [5.74, 6) is 0.314. The fraction of sp³-hybridized carbons (Fsp3) is 0.529. The van der Waals surface area contributed by atoms with Crippen LogP contribution < -0.4 is 9.64 Å². The lowest BCUT2D eigenvalue weighted by molar-refractivity contribution is -0.147. The van der Waals surface area contributed by atoms with Gasteiger partial charge in [-0.15, -0.1) is 0 Å². The van der Waals surface area contributed by atoms with Gasteiger partial charge in [0.25, 0.3) is 5.91 Å². The number of carbonyl (C=O) groups excluding carboxylic acids is 3. The van der Waals surface area contributed by atoms with E-state index in [0.29, 0.717) is 111 Å². The highest BCUT2D eigenvalue weighted by Crippen LogP contribution is 2.30. The van der Waals surface area contributed by atoms with Gasteiger partial charge in [0, 0.05) is 70.3 Å². The van der Waals surface area contributed by atoms with Crippen LogP contribution in [0.25, 0.3) is 5.57 Å². The minimum Gasteiger partial charge on any atom is -0.478 e. The maximum absolute atomic E-state index is 14.4. The molecule has 1 atom stereocenters. The van der Waals surface area contributed by atoms with Gasteiger partial charge in [-0.1, -0.05) is 66.7 Å². The molecule has 3 aliphatic heterocycles. The molecule has 0 saturated carbocycles. The molecule has 2 saturated heterocycles. The number of anilines is 1. The maximum atomic E-state index is 14.4. The summed E-state index contributed by atoms with van der Waals surface area (Å²) in [6.45, 7) is 17.4. The highest BCUT2D eigenvalue weighted by Gasteiger charge is 2.37. The molecule has 352 valence electrons. The summed E-state index contributed by atoms with van der Waals surface area (Å²) in [6, 6.07) is 26.2. The van der Waals surface area contributed by atoms with E-state index in [-0.39, 0.29) is 23.8 Å². The smallest absolute Gasteiger partial charge is 0.410 e. The summed E-state index contributed by atoms with van der Waals surface area (Å²) < 4.78 is 34.9. The highest BCUT2D eigenvalue weighted by molar-refractivity contribution is 6.11. The third kappa shape index (κ3) is 15.7. The lowest BCUT2D eigenvalue weighted by Crippen LogP contribution is -2.57. The summed E-state index contributed by atoms with van der Waals surface area (Å²) >= 11 is 0. The molecule has 2 fully saturated rings. The van der Waals surface area contributed by atoms with Crippen LogP contribution in [0, 0.1) is 5.92 Å². The van der Waals surface area contributed by atoms with Crippen molar-refractivity contribution < 1.29 is 42.8 Å². The van der Waals surface area contributed by atoms with Crippen molar-refractivity contribution in [2.75, 3.05) is 104 Å². The molecular weight excluding hydrogens is 827 g/mol. The first kappa shape index (κ1) is 49.2. The number of benzene rings is 3. The van der Waals surface area contributed by atoms with E-state index in [0.717, 1.165) is 47.3 Å². The van der Waals surface area contributed by atoms with Crippen LogP contribution >= 0.6 is 0 Å². The SMILES string of the molecule is CC(C)(C)OC(=O)N1CCN(C(=O)C(C)(C)Oc2cccc(N3CCC[C@@H](C(=O)N(CCOCCOCCOCCOCc4ccccc4)Cc4ccc(C5=CCN=C5)cc4)C3)c2)CC1. The standard InChI is InChI=1S/C51H69N5O9/c1-50(2,3)65-49(59)54-25-23-53(24-26-54)48(58)51(4,5)64-46-15-9-14-45(35-46)55-22-10-13-44(38-55)47(57)56(37-40-16-18-42(19-17-40)43-20-21-52-36-43)27-28-60-29-30-61-31-32-62-33-34-63-39-41-11-7-6-8-12-41/h6-9,11-12,14-20,35-36,44H,10,13,21-34,37-39H2,1-5H3/t44-/m1/s1. The van der Waals surface area contributed by atoms with Gasteiger partial charge in [-0.2, -0.15) is 0 Å². The second kappa shape index (κ2) is 24.3. The minimum absolute atomic E-state index is 0.0973. The molecule has 0 spiro atoms. The van der Waals surface area contributed by atoms with E-state index in [1.54, 1.807) is 23.6 Å². The van der Waals surface area contributed by atoms with Gasteiger partial charge in [0.05, 0.1) is 65.3 Å². The average Bonchev–Trinajstić information content (AvgIpc) is 3.85. The maximum Gasteiger partial charge on any atom is 0.410 e. The van der Waals surface area contributed by atoms with Crippen LogP contribution in [0.15, 0.2) is 89.9 Å². The monoisotopic (exact) mass is 896 g/mol. The van der Waals surface area contributed by atoms with Crippen molar-refractivity contribution in [3.05, 3.63) is 102 Å². The van der Waals surface area contributed by atoms with E-state index in [4.69, 9.17) is 28.4 Å². The molecular formula is C51H69N5O9. The van der Waals surface area contributed by atoms with Gasteiger partial charge in [-0.05, 0) is 81.9 Å². The predicted octanol–water partition coefficient (Wildman–Crippen LogP) is 6.90. The average molecular weight is 896 g/mol. The van der Waals surface area contributed by atoms with Crippen molar-refractivity contribution in [3.8, 4) is 5.75 Å². The number of hydrogen-bond donors (Lipinski definition) is 0. The largest absolute Gasteiger partial charge is 0.478 e. The Morgan fingerprint density at radius 2 is 1.38 bits per heavy atom. The molecule has 3 aromatic carbocycles. The fourth-order valence-corrected chi connectivity index (χ4v) is 7.99. The predicted molar refractivity (Wildman–Crippen MR) is 252 cm³/mol. The summed E-state index contributed by atoms with van der Waals surface area (Å²) in [5, 5.41) is 0. The zero-order valence-corrected chi connectivity index (χ0v) is 39.1. The third-order valence-corrected chi connectivity index (χ3v) is 11.4. The Kier molecular flexibility index (Phi) is 18.4. The Morgan fingerprint density at radius 1 is 0.723 bits per heavy atom. The Hall–Kier alpha value is -5.28. The van der Waals surface area contributed by atoms with E-state index in [2.05, 4.69) is 40.2 Å². The molecule has 14 nitrogen and oxygen atoms in total. The molecule has 0 aromatic heterocycles. The number of piperazine rings is 1. The van der Waals surface area contributed by atoms with E-state index in [1.165, 1.54) is 0 Å². The van der Waals surface area contributed by atoms with Crippen LogP contribution in [0.4, 0.5) is 10.5 Å². The number of hydrogen-bond acceptors (Lipinski definition) is 11. The molecule has 3 heterocycles. The molecule has 14 heteroatoms. The van der Waals surface area contributed by atoms with Gasteiger partial charge in [-0.3, -0.25) is 14.6 Å². The van der Waals surface area contributed by atoms with Crippen molar-refractivity contribution >= 4 is 35.4 Å². The molecule has 0 radical (unpaired) electrons. The quantitative estimate of drug-likeness (QED) is 0.0982. The number of nitrogens with zero attached hydrogens (tertiary/aromatic N) is 5. The molecule has 3 aromatic rings. The molecule has 65 heavy (non-hydrogen) atoms. The van der Waals surface area contributed by atoms with Crippen LogP contribution in [-0.4, -0.2) is 149 Å². The first-order valence-corrected chi connectivity index (χ1v) is 23.1. The Balaban J connectivity index is 0.978. The molecule has 0 aliphatic carbocycles. The lowest BCUT2D eigenvalue weighted by Gasteiger charge is -2.39. The van der Waals surface area contributed by atoms with Crippen LogP contribution in [0.5, 0.6) is 5.75 Å². The van der Waals surface area contributed by atoms with Gasteiger partial charge in [-0.25, -0.2) is 4.79 Å². The number of piperidine rings is 1. The number of ether oxygens (including phenoxy) is 6. The first-order chi connectivity index (χ1) is 31.3. The summed E-state index contributed by atoms with van der Waals surface area (Å²) in [5.41, 5.74) is 3.62. The Labute approximate surface area is 385 Å². The van der Waals surface area contributed by atoms with Crippen molar-refractivity contribution in [2.45, 2.75) is 71.8 Å². The lowest BCUT2D eigenvalue weighted by atomic mass is 9.95. The van der Waals surface area contributed by atoms with Gasteiger partial charge in [0.2, 0.25) is 5.91 Å². The van der Waals surface area contributed by atoms with Crippen molar-refractivity contribution in [2.24, 2.45) is 10.9 Å². The summed E-state index contributed by atoms with van der Waals surface area (Å²) in [6.07, 6.45) is 5.29. The van der Waals surface area contributed by atoms with E-state index < -0.39 is 11.2 Å². The van der Waals surface area contributed by atoms with Crippen LogP contribution in [0.2, 0.25) is 0 Å². The topological polar surface area (TPSA) is 132 Å². The van der Waals surface area contributed by atoms with Gasteiger partial charge < -0.3 is 48.0 Å². The highest BCUT2D eigenvalue weighted by atomic mass is 16.6. The minimum atomic E-state index is -1.14. The molecule has 0 bridgehead atoms. The van der Waals surface area contributed by atoms with Gasteiger partial charge in [0.1, 0.15) is 11.4 Å². The zero-order chi connectivity index (χ0) is 46.1. The van der Waals surface area contributed by atoms with Crippen molar-refractivity contribution in [1.29, 1.82) is 0 Å². The van der Waals surface area contributed by atoms with Gasteiger partial charge >= 0.3 is 6.09 Å². The first-order valence-electron chi connectivity index (χ1n) is 23.1. The van der Waals surface area contributed by atoms with Crippen molar-refractivity contribution in [3.63, 3.8) is 0 Å². The second-order valence-corrected chi connectivity index (χ2v) is 18.1. The van der Waals surface area contributed by atoms with E-state index in [9.17, 15) is 14.4 Å². The van der Waals surface area contributed by atoms with Crippen molar-refractivity contribution in [1.82, 2.24) is 14.7 Å². The van der Waals surface area contributed by atoms with Crippen LogP contribution in [0.1, 0.15) is 64.2 Å². The number of carbonyl (C=O) groups is 3. The molecule has 0 N–H and O–H groups in total. The van der Waals surface area contributed by atoms with Gasteiger partial charge in [0.15, 0.2) is 5.60 Å². The molecule has 0 unspecified atom stereocenters. The summed E-state index contributed by atoms with van der Waals surface area (Å²) in [7, 11) is 0. The number of rotatable bonds is 22. The Morgan fingerprint density at radius 3 is 2.05 bits per heavy atom. The normalized spacial score (nSPS) is 16.7. The molecule has 6 rings (SSSR count). The third-order valence-electron chi connectivity index (χ3n) is 11.4. The number of allylic oxidation sites excluding steroid dienone is 1. The summed E-state index contributed by atoms with van der Waals surface area (Å²) in [4.78, 5) is 52.6. The number of amides is 3. The van der Waals surface area contributed by atoms with E-state index >= 15 is 0 Å². The second-order valence-electron chi connectivity index (χ2n) is 18.1. The number of aliphatic imine (C=N–C) groups is 1. The van der Waals surface area contributed by atoms with Crippen LogP contribution in [0.3, 0.4) is 0 Å². The van der Waals surface area contributed by atoms with E-state index in [1.807, 2.05) is 86.5 Å². The van der Waals surface area contributed by atoms with Crippen LogP contribution in [-0.2, 0) is 46.4 Å². The zero-order valence-electron chi connectivity index (χ0n) is 39.1.